The number of hydrogen-bond donors (Lipinski definition) is 0. The van der Waals surface area contributed by atoms with E-state index in [0.29, 0.717) is 40.2 Å². The molecule has 2 aromatic carbocycles. The van der Waals surface area contributed by atoms with Gasteiger partial charge in [-0.15, -0.1) is 0 Å². The number of methoxy groups -OCH3 is 2. The number of rotatable bonds is 6. The zero-order chi connectivity index (χ0) is 19.4. The SMILES string of the molecule is CCCc1nc2ccc(Br)cc2c(=O)n1N=Cc1cccc(OC)c1OC. The van der Waals surface area contributed by atoms with Crippen LogP contribution in [-0.4, -0.2) is 30.1 Å². The first kappa shape index (κ1) is 19.1. The fourth-order valence-electron chi connectivity index (χ4n) is 2.83. The van der Waals surface area contributed by atoms with Crippen LogP contribution in [0.5, 0.6) is 11.5 Å². The first-order valence-corrected chi connectivity index (χ1v) is 9.34. The van der Waals surface area contributed by atoms with Crippen LogP contribution in [0.1, 0.15) is 24.7 Å². The van der Waals surface area contributed by atoms with Crippen LogP contribution in [0.15, 0.2) is 50.8 Å². The van der Waals surface area contributed by atoms with Gasteiger partial charge in [-0.05, 0) is 36.8 Å². The van der Waals surface area contributed by atoms with Crippen molar-refractivity contribution in [2.45, 2.75) is 19.8 Å². The van der Waals surface area contributed by atoms with Crippen molar-refractivity contribution in [2.24, 2.45) is 5.10 Å². The summed E-state index contributed by atoms with van der Waals surface area (Å²) >= 11 is 3.41. The highest BCUT2D eigenvalue weighted by molar-refractivity contribution is 9.10. The third kappa shape index (κ3) is 3.88. The van der Waals surface area contributed by atoms with Gasteiger partial charge < -0.3 is 9.47 Å². The van der Waals surface area contributed by atoms with Crippen molar-refractivity contribution in [2.75, 3.05) is 14.2 Å². The molecule has 0 aliphatic rings. The van der Waals surface area contributed by atoms with E-state index in [9.17, 15) is 4.79 Å². The van der Waals surface area contributed by atoms with Gasteiger partial charge in [-0.1, -0.05) is 28.9 Å². The summed E-state index contributed by atoms with van der Waals surface area (Å²) in [6.45, 7) is 2.04. The van der Waals surface area contributed by atoms with Crippen LogP contribution in [0.25, 0.3) is 10.9 Å². The van der Waals surface area contributed by atoms with Gasteiger partial charge in [0.05, 0.1) is 31.3 Å². The summed E-state index contributed by atoms with van der Waals surface area (Å²) in [4.78, 5) is 17.6. The van der Waals surface area contributed by atoms with Gasteiger partial charge in [0, 0.05) is 16.5 Å². The highest BCUT2D eigenvalue weighted by Crippen LogP contribution is 2.29. The highest BCUT2D eigenvalue weighted by Gasteiger charge is 2.12. The van der Waals surface area contributed by atoms with E-state index in [1.54, 1.807) is 32.6 Å². The minimum absolute atomic E-state index is 0.206. The Hall–Kier alpha value is -2.67. The molecule has 0 aliphatic heterocycles. The maximum atomic E-state index is 13.0. The largest absolute Gasteiger partial charge is 0.493 e. The maximum Gasteiger partial charge on any atom is 0.282 e. The fraction of sp³-hybridized carbons (Fsp3) is 0.250. The molecule has 0 spiro atoms. The molecular formula is C20H20BrN3O3. The molecule has 1 heterocycles. The molecule has 3 aromatic rings. The van der Waals surface area contributed by atoms with Gasteiger partial charge in [0.2, 0.25) is 0 Å². The summed E-state index contributed by atoms with van der Waals surface area (Å²) in [6, 6.07) is 11.0. The van der Waals surface area contributed by atoms with Gasteiger partial charge in [0.25, 0.3) is 5.56 Å². The van der Waals surface area contributed by atoms with E-state index in [0.717, 1.165) is 10.9 Å². The number of benzene rings is 2. The van der Waals surface area contributed by atoms with Crippen molar-refractivity contribution >= 4 is 33.0 Å². The topological polar surface area (TPSA) is 65.7 Å². The Morgan fingerprint density at radius 3 is 2.74 bits per heavy atom. The van der Waals surface area contributed by atoms with Crippen LogP contribution in [0.3, 0.4) is 0 Å². The normalized spacial score (nSPS) is 11.3. The molecule has 0 N–H and O–H groups in total. The Morgan fingerprint density at radius 1 is 1.22 bits per heavy atom. The molecule has 0 saturated carbocycles. The van der Waals surface area contributed by atoms with Gasteiger partial charge in [-0.25, -0.2) is 4.98 Å². The molecule has 0 saturated heterocycles. The summed E-state index contributed by atoms with van der Waals surface area (Å²) in [5.74, 6) is 1.78. The molecule has 0 fully saturated rings. The smallest absolute Gasteiger partial charge is 0.282 e. The fourth-order valence-corrected chi connectivity index (χ4v) is 3.19. The summed E-state index contributed by atoms with van der Waals surface area (Å²) < 4.78 is 12.9. The van der Waals surface area contributed by atoms with E-state index in [1.807, 2.05) is 31.2 Å². The summed E-state index contributed by atoms with van der Waals surface area (Å²) in [5.41, 5.74) is 1.17. The first-order chi connectivity index (χ1) is 13.1. The molecule has 3 rings (SSSR count). The number of ether oxygens (including phenoxy) is 2. The molecule has 0 radical (unpaired) electrons. The van der Waals surface area contributed by atoms with E-state index in [1.165, 1.54) is 4.68 Å². The van der Waals surface area contributed by atoms with Crippen molar-refractivity contribution in [1.29, 1.82) is 0 Å². The second-order valence-corrected chi connectivity index (χ2v) is 6.80. The van der Waals surface area contributed by atoms with E-state index in [4.69, 9.17) is 9.47 Å². The lowest BCUT2D eigenvalue weighted by atomic mass is 10.2. The van der Waals surface area contributed by atoms with Crippen molar-refractivity contribution in [1.82, 2.24) is 9.66 Å². The van der Waals surface area contributed by atoms with Gasteiger partial charge in [0.1, 0.15) is 5.82 Å². The lowest BCUT2D eigenvalue weighted by molar-refractivity contribution is 0.354. The molecule has 27 heavy (non-hydrogen) atoms. The Morgan fingerprint density at radius 2 is 2.04 bits per heavy atom. The summed E-state index contributed by atoms with van der Waals surface area (Å²) in [5, 5.41) is 4.94. The monoisotopic (exact) mass is 429 g/mol. The molecule has 6 nitrogen and oxygen atoms in total. The zero-order valence-electron chi connectivity index (χ0n) is 15.4. The lowest BCUT2D eigenvalue weighted by Gasteiger charge is -2.11. The van der Waals surface area contributed by atoms with Gasteiger partial charge in [-0.2, -0.15) is 9.78 Å². The van der Waals surface area contributed by atoms with E-state index < -0.39 is 0 Å². The van der Waals surface area contributed by atoms with Gasteiger partial charge >= 0.3 is 0 Å². The van der Waals surface area contributed by atoms with Crippen LogP contribution >= 0.6 is 15.9 Å². The van der Waals surface area contributed by atoms with Crippen LogP contribution in [0, 0.1) is 0 Å². The van der Waals surface area contributed by atoms with Gasteiger partial charge in [-0.3, -0.25) is 4.79 Å². The second-order valence-electron chi connectivity index (χ2n) is 5.88. The van der Waals surface area contributed by atoms with E-state index in [-0.39, 0.29) is 5.56 Å². The predicted octanol–water partition coefficient (Wildman–Crippen LogP) is 4.01. The predicted molar refractivity (Wildman–Crippen MR) is 110 cm³/mol. The molecule has 7 heteroatoms. The zero-order valence-corrected chi connectivity index (χ0v) is 17.0. The maximum absolute atomic E-state index is 13.0. The van der Waals surface area contributed by atoms with Crippen molar-refractivity contribution in [3.8, 4) is 11.5 Å². The van der Waals surface area contributed by atoms with Crippen molar-refractivity contribution in [3.05, 3.63) is 62.6 Å². The number of para-hydroxylation sites is 1. The quantitative estimate of drug-likeness (QED) is 0.555. The molecule has 140 valence electrons. The number of aryl methyl sites for hydroxylation is 1. The Balaban J connectivity index is 2.16. The third-order valence-corrected chi connectivity index (χ3v) is 4.59. The molecule has 0 unspecified atom stereocenters. The molecule has 0 aliphatic carbocycles. The summed E-state index contributed by atoms with van der Waals surface area (Å²) in [6.07, 6.45) is 3.09. The van der Waals surface area contributed by atoms with Crippen LogP contribution in [0.4, 0.5) is 0 Å². The number of nitrogens with zero attached hydrogens (tertiary/aromatic N) is 3. The van der Waals surface area contributed by atoms with Crippen molar-refractivity contribution < 1.29 is 9.47 Å². The molecule has 1 aromatic heterocycles. The third-order valence-electron chi connectivity index (χ3n) is 4.09. The number of hydrogen-bond acceptors (Lipinski definition) is 5. The molecule has 0 atom stereocenters. The minimum atomic E-state index is -0.206. The molecule has 0 bridgehead atoms. The Kier molecular flexibility index (Phi) is 5.91. The van der Waals surface area contributed by atoms with Crippen LogP contribution < -0.4 is 15.0 Å². The number of fused-ring (bicyclic) bond motifs is 1. The highest BCUT2D eigenvalue weighted by atomic mass is 79.9. The first-order valence-electron chi connectivity index (χ1n) is 8.55. The average molecular weight is 430 g/mol. The molecule has 0 amide bonds. The number of halogens is 1. The number of aromatic nitrogens is 2. The van der Waals surface area contributed by atoms with E-state index in [2.05, 4.69) is 26.0 Å². The average Bonchev–Trinajstić information content (AvgIpc) is 2.68. The Bertz CT molecular complexity index is 1060. The van der Waals surface area contributed by atoms with Crippen LogP contribution in [-0.2, 0) is 6.42 Å². The van der Waals surface area contributed by atoms with E-state index >= 15 is 0 Å². The standard InChI is InChI=1S/C20H20BrN3O3/c1-4-6-18-23-16-10-9-14(21)11-15(16)20(25)24(18)22-12-13-7-5-8-17(26-2)19(13)27-3/h5,7-12H,4,6H2,1-3H3. The van der Waals surface area contributed by atoms with Crippen molar-refractivity contribution in [3.63, 3.8) is 0 Å². The van der Waals surface area contributed by atoms with Crippen LogP contribution in [0.2, 0.25) is 0 Å². The molecular weight excluding hydrogens is 410 g/mol. The second kappa shape index (κ2) is 8.35. The lowest BCUT2D eigenvalue weighted by Crippen LogP contribution is -2.22. The Labute approximate surface area is 165 Å². The van der Waals surface area contributed by atoms with Gasteiger partial charge in [0.15, 0.2) is 11.5 Å². The summed E-state index contributed by atoms with van der Waals surface area (Å²) in [7, 11) is 3.15. The minimum Gasteiger partial charge on any atom is -0.493 e.